The van der Waals surface area contributed by atoms with Crippen LogP contribution in [0.3, 0.4) is 0 Å². The maximum Gasteiger partial charge on any atom is 0.274 e. The Bertz CT molecular complexity index is 930. The van der Waals surface area contributed by atoms with Gasteiger partial charge in [0.2, 0.25) is 11.9 Å². The van der Waals surface area contributed by atoms with E-state index in [1.807, 2.05) is 0 Å². The van der Waals surface area contributed by atoms with Crippen molar-refractivity contribution in [1.82, 2.24) is 15.0 Å². The Morgan fingerprint density at radius 1 is 0.885 bits per heavy atom. The van der Waals surface area contributed by atoms with Crippen molar-refractivity contribution in [2.75, 3.05) is 16.0 Å². The van der Waals surface area contributed by atoms with E-state index in [-0.39, 0.29) is 17.5 Å². The van der Waals surface area contributed by atoms with Gasteiger partial charge in [0.1, 0.15) is 5.69 Å². The first-order chi connectivity index (χ1) is 12.6. The van der Waals surface area contributed by atoms with Gasteiger partial charge in [0.05, 0.1) is 0 Å². The Hall–Kier alpha value is -3.81. The molecule has 0 bridgehead atoms. The van der Waals surface area contributed by atoms with Crippen molar-refractivity contribution in [3.63, 3.8) is 0 Å². The summed E-state index contributed by atoms with van der Waals surface area (Å²) in [4.78, 5) is 35.8. The molecule has 2 amide bonds. The van der Waals surface area contributed by atoms with Gasteiger partial charge in [0.15, 0.2) is 0 Å². The fourth-order valence-electron chi connectivity index (χ4n) is 2.18. The first kappa shape index (κ1) is 17.0. The van der Waals surface area contributed by atoms with Gasteiger partial charge in [-0.25, -0.2) is 9.97 Å². The van der Waals surface area contributed by atoms with Crippen LogP contribution in [0.15, 0.2) is 61.1 Å². The molecule has 3 N–H and O–H groups in total. The minimum Gasteiger partial charge on any atom is -0.326 e. The van der Waals surface area contributed by atoms with E-state index in [0.29, 0.717) is 17.3 Å². The molecule has 0 aliphatic rings. The summed E-state index contributed by atoms with van der Waals surface area (Å²) in [5.74, 6) is -0.267. The summed E-state index contributed by atoms with van der Waals surface area (Å²) in [5.41, 5.74) is 2.11. The highest BCUT2D eigenvalue weighted by Gasteiger charge is 2.10. The number of rotatable bonds is 5. The van der Waals surface area contributed by atoms with Crippen LogP contribution in [0.4, 0.5) is 23.0 Å². The van der Waals surface area contributed by atoms with Crippen molar-refractivity contribution >= 4 is 34.8 Å². The Labute approximate surface area is 149 Å². The number of carbonyl (C=O) groups is 2. The number of hydrogen-bond donors (Lipinski definition) is 3. The molecule has 130 valence electrons. The lowest BCUT2D eigenvalue weighted by Gasteiger charge is -2.09. The van der Waals surface area contributed by atoms with Crippen molar-refractivity contribution < 1.29 is 9.59 Å². The fraction of sp³-hybridized carbons (Fsp3) is 0.0556. The molecule has 0 saturated heterocycles. The third kappa shape index (κ3) is 4.60. The van der Waals surface area contributed by atoms with E-state index in [4.69, 9.17) is 0 Å². The molecule has 8 heteroatoms. The standard InChI is InChI=1S/C18H16N6O2/c1-12(25)21-14-3-2-4-15(11-14)22-17(26)16-7-10-20-18(24-16)23-13-5-8-19-9-6-13/h2-11H,1H3,(H,21,25)(H,22,26)(H,19,20,23,24). The summed E-state index contributed by atoms with van der Waals surface area (Å²) in [6, 6.07) is 11.9. The average Bonchev–Trinajstić information content (AvgIpc) is 2.62. The second-order valence-electron chi connectivity index (χ2n) is 5.34. The second kappa shape index (κ2) is 7.84. The molecular weight excluding hydrogens is 332 g/mol. The number of pyridine rings is 1. The smallest absolute Gasteiger partial charge is 0.274 e. The number of aromatic nitrogens is 3. The lowest BCUT2D eigenvalue weighted by molar-refractivity contribution is -0.114. The Morgan fingerprint density at radius 3 is 2.35 bits per heavy atom. The van der Waals surface area contributed by atoms with Crippen molar-refractivity contribution in [2.24, 2.45) is 0 Å². The summed E-state index contributed by atoms with van der Waals surface area (Å²) in [5, 5.41) is 8.41. The highest BCUT2D eigenvalue weighted by atomic mass is 16.2. The maximum absolute atomic E-state index is 12.4. The monoisotopic (exact) mass is 348 g/mol. The summed E-state index contributed by atoms with van der Waals surface area (Å²) >= 11 is 0. The Balaban J connectivity index is 1.72. The first-order valence-corrected chi connectivity index (χ1v) is 7.79. The minimum absolute atomic E-state index is 0.184. The molecule has 0 unspecified atom stereocenters. The molecule has 0 atom stereocenters. The summed E-state index contributed by atoms with van der Waals surface area (Å²) < 4.78 is 0. The van der Waals surface area contributed by atoms with E-state index >= 15 is 0 Å². The van der Waals surface area contributed by atoms with Gasteiger partial charge in [-0.2, -0.15) is 0 Å². The molecular formula is C18H16N6O2. The van der Waals surface area contributed by atoms with Crippen LogP contribution in [0.1, 0.15) is 17.4 Å². The lowest BCUT2D eigenvalue weighted by Crippen LogP contribution is -2.15. The van der Waals surface area contributed by atoms with Crippen molar-refractivity contribution in [3.8, 4) is 0 Å². The van der Waals surface area contributed by atoms with E-state index in [1.54, 1.807) is 48.8 Å². The fourth-order valence-corrected chi connectivity index (χ4v) is 2.18. The van der Waals surface area contributed by atoms with E-state index in [1.165, 1.54) is 19.2 Å². The molecule has 8 nitrogen and oxygen atoms in total. The predicted molar refractivity (Wildman–Crippen MR) is 98.3 cm³/mol. The zero-order valence-corrected chi connectivity index (χ0v) is 13.9. The van der Waals surface area contributed by atoms with E-state index in [0.717, 1.165) is 5.69 Å². The van der Waals surface area contributed by atoms with Crippen LogP contribution >= 0.6 is 0 Å². The zero-order chi connectivity index (χ0) is 18.4. The number of carbonyl (C=O) groups excluding carboxylic acids is 2. The number of amides is 2. The quantitative estimate of drug-likeness (QED) is 0.654. The normalized spacial score (nSPS) is 10.0. The minimum atomic E-state index is -0.384. The van der Waals surface area contributed by atoms with Gasteiger partial charge in [0.25, 0.3) is 5.91 Å². The molecule has 0 saturated carbocycles. The van der Waals surface area contributed by atoms with Crippen LogP contribution < -0.4 is 16.0 Å². The number of anilines is 4. The van der Waals surface area contributed by atoms with E-state index < -0.39 is 0 Å². The predicted octanol–water partition coefficient (Wildman–Crippen LogP) is 2.83. The molecule has 2 heterocycles. The van der Waals surface area contributed by atoms with Gasteiger partial charge in [-0.1, -0.05) is 6.07 Å². The van der Waals surface area contributed by atoms with Crippen LogP contribution in [0.5, 0.6) is 0 Å². The average molecular weight is 348 g/mol. The van der Waals surface area contributed by atoms with Gasteiger partial charge in [-0.05, 0) is 36.4 Å². The van der Waals surface area contributed by atoms with Gasteiger partial charge in [-0.15, -0.1) is 0 Å². The Kier molecular flexibility index (Phi) is 5.14. The third-order valence-corrected chi connectivity index (χ3v) is 3.27. The number of hydrogen-bond acceptors (Lipinski definition) is 6. The van der Waals surface area contributed by atoms with Crippen LogP contribution in [0.25, 0.3) is 0 Å². The highest BCUT2D eigenvalue weighted by Crippen LogP contribution is 2.16. The van der Waals surface area contributed by atoms with Crippen LogP contribution in [-0.2, 0) is 4.79 Å². The van der Waals surface area contributed by atoms with Crippen molar-refractivity contribution in [1.29, 1.82) is 0 Å². The SMILES string of the molecule is CC(=O)Nc1cccc(NC(=O)c2ccnc(Nc3ccncc3)n2)c1. The molecule has 0 spiro atoms. The topological polar surface area (TPSA) is 109 Å². The second-order valence-corrected chi connectivity index (χ2v) is 5.34. The summed E-state index contributed by atoms with van der Waals surface area (Å²) in [6.45, 7) is 1.42. The van der Waals surface area contributed by atoms with Crippen molar-refractivity contribution in [2.45, 2.75) is 6.92 Å². The first-order valence-electron chi connectivity index (χ1n) is 7.79. The lowest BCUT2D eigenvalue weighted by atomic mass is 10.2. The molecule has 2 aromatic heterocycles. The van der Waals surface area contributed by atoms with Gasteiger partial charge >= 0.3 is 0 Å². The van der Waals surface area contributed by atoms with Gasteiger partial charge in [-0.3, -0.25) is 14.6 Å². The molecule has 3 aromatic rings. The van der Waals surface area contributed by atoms with E-state index in [9.17, 15) is 9.59 Å². The number of benzene rings is 1. The molecule has 0 aliphatic heterocycles. The maximum atomic E-state index is 12.4. The highest BCUT2D eigenvalue weighted by molar-refractivity contribution is 6.03. The Morgan fingerprint density at radius 2 is 1.62 bits per heavy atom. The summed E-state index contributed by atoms with van der Waals surface area (Å²) in [7, 11) is 0. The number of nitrogens with one attached hydrogen (secondary N) is 3. The van der Waals surface area contributed by atoms with Crippen molar-refractivity contribution in [3.05, 3.63) is 66.7 Å². The molecule has 26 heavy (non-hydrogen) atoms. The van der Waals surface area contributed by atoms with Gasteiger partial charge in [0, 0.05) is 42.6 Å². The number of nitrogens with zero attached hydrogens (tertiary/aromatic N) is 3. The largest absolute Gasteiger partial charge is 0.326 e. The molecule has 0 radical (unpaired) electrons. The molecule has 0 fully saturated rings. The zero-order valence-electron chi connectivity index (χ0n) is 13.9. The molecule has 1 aromatic carbocycles. The summed E-state index contributed by atoms with van der Waals surface area (Å²) in [6.07, 6.45) is 4.78. The third-order valence-electron chi connectivity index (χ3n) is 3.27. The van der Waals surface area contributed by atoms with E-state index in [2.05, 4.69) is 30.9 Å². The van der Waals surface area contributed by atoms with Crippen LogP contribution in [0, 0.1) is 0 Å². The molecule has 3 rings (SSSR count). The van der Waals surface area contributed by atoms with Gasteiger partial charge < -0.3 is 16.0 Å². The van der Waals surface area contributed by atoms with Crippen LogP contribution in [0.2, 0.25) is 0 Å². The van der Waals surface area contributed by atoms with Crippen LogP contribution in [-0.4, -0.2) is 26.8 Å². The molecule has 0 aliphatic carbocycles.